The number of benzene rings is 1. The fourth-order valence-electron chi connectivity index (χ4n) is 3.30. The molecule has 0 aliphatic heterocycles. The minimum atomic E-state index is -1.09. The normalized spacial score (nSPS) is 15.5. The standard InChI is InChI=1S/C23H34N2O6/c1-23(2,3)31-22(28)25-19(14-20(26)30-18-8-6-5-7-9-18)21(27)24-15-16-10-12-17(29-4)13-11-16/h10-13,18-19H,5-9,14-15H2,1-4H3,(H,24,27)(H,25,28)/t19-/m0/s1. The summed E-state index contributed by atoms with van der Waals surface area (Å²) < 4.78 is 15.9. The molecule has 8 heteroatoms. The van der Waals surface area contributed by atoms with Crippen molar-refractivity contribution in [3.63, 3.8) is 0 Å². The number of hydrogen-bond donors (Lipinski definition) is 2. The summed E-state index contributed by atoms with van der Waals surface area (Å²) in [4.78, 5) is 37.4. The summed E-state index contributed by atoms with van der Waals surface area (Å²) >= 11 is 0. The number of hydrogen-bond acceptors (Lipinski definition) is 6. The van der Waals surface area contributed by atoms with Crippen LogP contribution in [0.2, 0.25) is 0 Å². The van der Waals surface area contributed by atoms with Gasteiger partial charge in [-0.3, -0.25) is 9.59 Å². The third-order valence-electron chi connectivity index (χ3n) is 4.85. The number of carbonyl (C=O) groups is 3. The first kappa shape index (κ1) is 24.5. The summed E-state index contributed by atoms with van der Waals surface area (Å²) in [6, 6.07) is 6.14. The van der Waals surface area contributed by atoms with Crippen molar-refractivity contribution in [1.82, 2.24) is 10.6 Å². The molecule has 8 nitrogen and oxygen atoms in total. The van der Waals surface area contributed by atoms with Crippen LogP contribution >= 0.6 is 0 Å². The first-order chi connectivity index (χ1) is 14.7. The Balaban J connectivity index is 1.97. The fraction of sp³-hybridized carbons (Fsp3) is 0.609. The van der Waals surface area contributed by atoms with Gasteiger partial charge in [-0.05, 0) is 64.2 Å². The highest BCUT2D eigenvalue weighted by Crippen LogP contribution is 2.21. The number of methoxy groups -OCH3 is 1. The van der Waals surface area contributed by atoms with E-state index < -0.39 is 29.6 Å². The van der Waals surface area contributed by atoms with Crippen LogP contribution in [-0.2, 0) is 25.6 Å². The molecule has 2 amide bonds. The van der Waals surface area contributed by atoms with Crippen LogP contribution < -0.4 is 15.4 Å². The highest BCUT2D eigenvalue weighted by atomic mass is 16.6. The molecule has 0 heterocycles. The molecular formula is C23H34N2O6. The number of ether oxygens (including phenoxy) is 3. The lowest BCUT2D eigenvalue weighted by Gasteiger charge is -2.25. The van der Waals surface area contributed by atoms with Crippen molar-refractivity contribution in [2.75, 3.05) is 7.11 Å². The van der Waals surface area contributed by atoms with Crippen LogP contribution in [0.1, 0.15) is 64.9 Å². The summed E-state index contributed by atoms with van der Waals surface area (Å²) in [5.74, 6) is -0.278. The van der Waals surface area contributed by atoms with E-state index in [1.165, 1.54) is 0 Å². The number of esters is 1. The summed E-state index contributed by atoms with van der Waals surface area (Å²) in [6.45, 7) is 5.42. The lowest BCUT2D eigenvalue weighted by Crippen LogP contribution is -2.49. The number of rotatable bonds is 8. The van der Waals surface area contributed by atoms with E-state index in [9.17, 15) is 14.4 Å². The molecule has 2 rings (SSSR count). The van der Waals surface area contributed by atoms with Crippen LogP contribution in [-0.4, -0.2) is 42.8 Å². The predicted octanol–water partition coefficient (Wildman–Crippen LogP) is 3.47. The third kappa shape index (κ3) is 9.27. The molecule has 0 bridgehead atoms. The maximum absolute atomic E-state index is 12.8. The van der Waals surface area contributed by atoms with Gasteiger partial charge < -0.3 is 24.8 Å². The molecule has 0 saturated heterocycles. The van der Waals surface area contributed by atoms with Crippen LogP contribution in [0.4, 0.5) is 4.79 Å². The molecule has 172 valence electrons. The van der Waals surface area contributed by atoms with Crippen LogP contribution in [0.15, 0.2) is 24.3 Å². The topological polar surface area (TPSA) is 103 Å². The molecule has 1 aliphatic carbocycles. The molecule has 0 aromatic heterocycles. The Morgan fingerprint density at radius 2 is 1.71 bits per heavy atom. The Morgan fingerprint density at radius 3 is 2.29 bits per heavy atom. The molecule has 1 aromatic rings. The van der Waals surface area contributed by atoms with Gasteiger partial charge in [-0.15, -0.1) is 0 Å². The van der Waals surface area contributed by atoms with Gasteiger partial charge in [-0.2, -0.15) is 0 Å². The number of carbonyl (C=O) groups excluding carboxylic acids is 3. The van der Waals surface area contributed by atoms with Gasteiger partial charge >= 0.3 is 12.1 Å². The van der Waals surface area contributed by atoms with E-state index in [0.717, 1.165) is 37.7 Å². The molecule has 2 N–H and O–H groups in total. The highest BCUT2D eigenvalue weighted by molar-refractivity contribution is 5.89. The molecule has 1 aromatic carbocycles. The molecule has 1 fully saturated rings. The van der Waals surface area contributed by atoms with Gasteiger partial charge in [-0.25, -0.2) is 4.79 Å². The van der Waals surface area contributed by atoms with Gasteiger partial charge in [-0.1, -0.05) is 18.6 Å². The van der Waals surface area contributed by atoms with Gasteiger partial charge in [0.05, 0.1) is 13.5 Å². The van der Waals surface area contributed by atoms with Crippen molar-refractivity contribution in [3.8, 4) is 5.75 Å². The zero-order valence-corrected chi connectivity index (χ0v) is 18.9. The maximum atomic E-state index is 12.8. The molecule has 1 saturated carbocycles. The SMILES string of the molecule is COc1ccc(CNC(=O)[C@H](CC(=O)OC2CCCCC2)NC(=O)OC(C)(C)C)cc1. The van der Waals surface area contributed by atoms with Crippen LogP contribution in [0.25, 0.3) is 0 Å². The summed E-state index contributed by atoms with van der Waals surface area (Å²) in [6.07, 6.45) is 3.72. The minimum absolute atomic E-state index is 0.120. The lowest BCUT2D eigenvalue weighted by atomic mass is 9.98. The molecule has 0 spiro atoms. The van der Waals surface area contributed by atoms with Gasteiger partial charge in [0.15, 0.2) is 0 Å². The van der Waals surface area contributed by atoms with Crippen molar-refractivity contribution in [1.29, 1.82) is 0 Å². The van der Waals surface area contributed by atoms with Crippen LogP contribution in [0.5, 0.6) is 5.75 Å². The second-order valence-corrected chi connectivity index (χ2v) is 8.72. The Bertz CT molecular complexity index is 735. The second kappa shape index (κ2) is 11.6. The van der Waals surface area contributed by atoms with Crippen molar-refractivity contribution < 1.29 is 28.6 Å². The van der Waals surface area contributed by atoms with Gasteiger partial charge in [0.2, 0.25) is 5.91 Å². The average molecular weight is 435 g/mol. The van der Waals surface area contributed by atoms with Crippen LogP contribution in [0.3, 0.4) is 0 Å². The van der Waals surface area contributed by atoms with E-state index in [2.05, 4.69) is 10.6 Å². The zero-order chi connectivity index (χ0) is 22.9. The Morgan fingerprint density at radius 1 is 1.06 bits per heavy atom. The highest BCUT2D eigenvalue weighted by Gasteiger charge is 2.28. The van der Waals surface area contributed by atoms with Gasteiger partial charge in [0.1, 0.15) is 23.5 Å². The smallest absolute Gasteiger partial charge is 0.408 e. The fourth-order valence-corrected chi connectivity index (χ4v) is 3.30. The maximum Gasteiger partial charge on any atom is 0.408 e. The van der Waals surface area contributed by atoms with E-state index >= 15 is 0 Å². The Kier molecular flexibility index (Phi) is 9.15. The first-order valence-corrected chi connectivity index (χ1v) is 10.8. The van der Waals surface area contributed by atoms with E-state index in [-0.39, 0.29) is 19.1 Å². The van der Waals surface area contributed by atoms with Crippen molar-refractivity contribution >= 4 is 18.0 Å². The number of amides is 2. The number of alkyl carbamates (subject to hydrolysis) is 1. The first-order valence-electron chi connectivity index (χ1n) is 10.8. The monoisotopic (exact) mass is 434 g/mol. The lowest BCUT2D eigenvalue weighted by molar-refractivity contribution is -0.152. The van der Waals surface area contributed by atoms with Gasteiger partial charge in [0.25, 0.3) is 0 Å². The number of nitrogens with one attached hydrogen (secondary N) is 2. The second-order valence-electron chi connectivity index (χ2n) is 8.72. The molecule has 1 aliphatic rings. The van der Waals surface area contributed by atoms with Crippen molar-refractivity contribution in [2.24, 2.45) is 0 Å². The summed E-state index contributed by atoms with van der Waals surface area (Å²) in [7, 11) is 1.58. The minimum Gasteiger partial charge on any atom is -0.497 e. The summed E-state index contributed by atoms with van der Waals surface area (Å²) in [5, 5.41) is 5.26. The summed E-state index contributed by atoms with van der Waals surface area (Å²) in [5.41, 5.74) is 0.131. The van der Waals surface area contributed by atoms with E-state index in [1.807, 2.05) is 12.1 Å². The molecule has 1 atom stereocenters. The molecule has 0 radical (unpaired) electrons. The van der Waals surface area contributed by atoms with E-state index in [1.54, 1.807) is 40.0 Å². The van der Waals surface area contributed by atoms with Crippen molar-refractivity contribution in [2.45, 2.75) is 83.6 Å². The Labute approximate surface area is 184 Å². The quantitative estimate of drug-likeness (QED) is 0.608. The third-order valence-corrected chi connectivity index (χ3v) is 4.85. The van der Waals surface area contributed by atoms with E-state index in [4.69, 9.17) is 14.2 Å². The zero-order valence-electron chi connectivity index (χ0n) is 18.9. The molecule has 0 unspecified atom stereocenters. The van der Waals surface area contributed by atoms with Crippen molar-refractivity contribution in [3.05, 3.63) is 29.8 Å². The van der Waals surface area contributed by atoms with Crippen LogP contribution in [0, 0.1) is 0 Å². The van der Waals surface area contributed by atoms with E-state index in [0.29, 0.717) is 5.75 Å². The largest absolute Gasteiger partial charge is 0.497 e. The predicted molar refractivity (Wildman–Crippen MR) is 116 cm³/mol. The average Bonchev–Trinajstić information content (AvgIpc) is 2.71. The van der Waals surface area contributed by atoms with Gasteiger partial charge in [0, 0.05) is 6.54 Å². The Hall–Kier alpha value is -2.77. The molecular weight excluding hydrogens is 400 g/mol. The molecule has 31 heavy (non-hydrogen) atoms.